The monoisotopic (exact) mass is 732 g/mol. The number of aromatic nitrogens is 1. The van der Waals surface area contributed by atoms with Gasteiger partial charge in [-0.25, -0.2) is 9.78 Å². The number of ether oxygens (including phenoxy) is 4. The summed E-state index contributed by atoms with van der Waals surface area (Å²) in [6, 6.07) is 5.41. The molecule has 236 valence electrons. The van der Waals surface area contributed by atoms with Gasteiger partial charge in [-0.3, -0.25) is 19.2 Å². The Morgan fingerprint density at radius 1 is 0.907 bits per heavy atom. The number of nitrogens with zero attached hydrogens (tertiary/aromatic N) is 1. The first-order valence-electron chi connectivity index (χ1n) is 13.1. The van der Waals surface area contributed by atoms with Crippen molar-refractivity contribution in [3.63, 3.8) is 0 Å². The predicted molar refractivity (Wildman–Crippen MR) is 166 cm³/mol. The number of Topliss-reactive ketones (excluding diaryl/α,β-unsaturated/α-hetero) is 1. The van der Waals surface area contributed by atoms with E-state index in [0.717, 1.165) is 16.9 Å². The average molecular weight is 733 g/mol. The number of esters is 1. The third-order valence-electron chi connectivity index (χ3n) is 5.98. The molecule has 43 heavy (non-hydrogen) atoms. The van der Waals surface area contributed by atoms with Crippen molar-refractivity contribution < 1.29 is 42.9 Å². The maximum Gasteiger partial charge on any atom is 0.333 e. The van der Waals surface area contributed by atoms with Crippen LogP contribution in [0.2, 0.25) is 0 Å². The first kappa shape index (κ1) is 36.2. The van der Waals surface area contributed by atoms with Gasteiger partial charge in [0.2, 0.25) is 11.8 Å². The van der Waals surface area contributed by atoms with E-state index in [9.17, 15) is 24.0 Å². The van der Waals surface area contributed by atoms with Crippen molar-refractivity contribution in [2.45, 2.75) is 48.4 Å². The van der Waals surface area contributed by atoms with Gasteiger partial charge in [0.1, 0.15) is 29.6 Å². The van der Waals surface area contributed by atoms with E-state index in [2.05, 4.69) is 20.9 Å². The highest BCUT2D eigenvalue weighted by Gasteiger charge is 2.42. The fourth-order valence-electron chi connectivity index (χ4n) is 3.88. The highest BCUT2D eigenvalue weighted by Crippen LogP contribution is 2.31. The molecule has 2 aromatic rings. The van der Waals surface area contributed by atoms with E-state index < -0.39 is 57.1 Å². The van der Waals surface area contributed by atoms with Gasteiger partial charge in [-0.05, 0) is 26.3 Å². The van der Waals surface area contributed by atoms with Gasteiger partial charge in [-0.15, -0.1) is 11.3 Å². The number of aryl methyl sites for hydroxylation is 1. The Kier molecular flexibility index (Phi) is 14.6. The number of hydrogen-bond acceptors (Lipinski definition) is 11. The summed E-state index contributed by atoms with van der Waals surface area (Å²) < 4.78 is 19.9. The van der Waals surface area contributed by atoms with Crippen LogP contribution in [0.1, 0.15) is 38.0 Å². The van der Waals surface area contributed by atoms with Crippen molar-refractivity contribution in [2.24, 2.45) is 0 Å². The minimum Gasteiger partial charge on any atom is -0.450 e. The molecule has 1 aromatic carbocycles. The molecule has 2 rings (SSSR count). The molecule has 13 nitrogen and oxygen atoms in total. The molecular formula is C28H37IN4O9S. The zero-order valence-corrected chi connectivity index (χ0v) is 27.8. The molecule has 0 bridgehead atoms. The lowest BCUT2D eigenvalue weighted by atomic mass is 9.92. The van der Waals surface area contributed by atoms with Crippen LogP contribution in [-0.2, 0) is 38.1 Å². The lowest BCUT2D eigenvalue weighted by molar-refractivity contribution is -0.168. The number of carbonyl (C=O) groups is 5. The molecule has 0 aliphatic carbocycles. The number of ketones is 1. The van der Waals surface area contributed by atoms with Gasteiger partial charge in [0.05, 0.1) is 28.3 Å². The van der Waals surface area contributed by atoms with Gasteiger partial charge >= 0.3 is 5.97 Å². The van der Waals surface area contributed by atoms with Crippen LogP contribution in [0.5, 0.6) is 0 Å². The topological polar surface area (TPSA) is 171 Å². The molecule has 15 heteroatoms. The molecule has 0 saturated carbocycles. The molecule has 0 aliphatic heterocycles. The molecule has 2 unspecified atom stereocenters. The summed E-state index contributed by atoms with van der Waals surface area (Å²) in [5.74, 6) is -3.30. The van der Waals surface area contributed by atoms with Crippen LogP contribution in [0, 0.1) is 6.92 Å². The van der Waals surface area contributed by atoms with E-state index in [0.29, 0.717) is 9.88 Å². The lowest BCUT2D eigenvalue weighted by Gasteiger charge is -2.32. The molecule has 3 N–H and O–H groups in total. The molecule has 0 saturated heterocycles. The second-order valence-corrected chi connectivity index (χ2v) is 12.4. The fraction of sp³-hybridized carbons (Fsp3) is 0.500. The van der Waals surface area contributed by atoms with Gasteiger partial charge in [0, 0.05) is 21.3 Å². The molecule has 1 aromatic heterocycles. The summed E-state index contributed by atoms with van der Waals surface area (Å²) in [5, 5.41) is 8.56. The Morgan fingerprint density at radius 2 is 1.49 bits per heavy atom. The average Bonchev–Trinajstić information content (AvgIpc) is 3.41. The zero-order chi connectivity index (χ0) is 32.2. The van der Waals surface area contributed by atoms with E-state index in [4.69, 9.17) is 18.9 Å². The number of carbonyl (C=O) groups excluding carboxylic acids is 5. The van der Waals surface area contributed by atoms with Gasteiger partial charge in [0.15, 0.2) is 11.4 Å². The van der Waals surface area contributed by atoms with Crippen LogP contribution in [0.15, 0.2) is 36.5 Å². The number of benzene rings is 1. The Morgan fingerprint density at radius 3 is 2.02 bits per heavy atom. The molecule has 1 heterocycles. The SMILES string of the molecule is COCC(=O)OC(C)(C)C(=O)C(NC(=O)[C@H](COC)NC(=O)[C@H](COC)NC(=O)c1cnc(C)s1)C(I)c1ccccc1. The second kappa shape index (κ2) is 17.3. The fourth-order valence-corrected chi connectivity index (χ4v) is 5.48. The number of rotatable bonds is 17. The van der Waals surface area contributed by atoms with Crippen molar-refractivity contribution in [3.05, 3.63) is 52.0 Å². The summed E-state index contributed by atoms with van der Waals surface area (Å²) in [7, 11) is 4.03. The smallest absolute Gasteiger partial charge is 0.333 e. The van der Waals surface area contributed by atoms with Gasteiger partial charge in [-0.2, -0.15) is 0 Å². The minimum absolute atomic E-state index is 0.178. The van der Waals surface area contributed by atoms with Crippen LogP contribution in [0.4, 0.5) is 0 Å². The van der Waals surface area contributed by atoms with Crippen molar-refractivity contribution in [1.82, 2.24) is 20.9 Å². The maximum atomic E-state index is 13.8. The zero-order valence-electron chi connectivity index (χ0n) is 24.8. The van der Waals surface area contributed by atoms with Gasteiger partial charge in [-0.1, -0.05) is 52.9 Å². The summed E-state index contributed by atoms with van der Waals surface area (Å²) in [6.07, 6.45) is 1.40. The number of amides is 3. The molecule has 0 fully saturated rings. The van der Waals surface area contributed by atoms with Crippen molar-refractivity contribution in [3.8, 4) is 0 Å². The quantitative estimate of drug-likeness (QED) is 0.123. The predicted octanol–water partition coefficient (Wildman–Crippen LogP) is 1.53. The first-order chi connectivity index (χ1) is 20.3. The molecule has 4 atom stereocenters. The van der Waals surface area contributed by atoms with E-state index >= 15 is 0 Å². The Bertz CT molecular complexity index is 1260. The summed E-state index contributed by atoms with van der Waals surface area (Å²) in [4.78, 5) is 69.8. The minimum atomic E-state index is -1.63. The highest BCUT2D eigenvalue weighted by atomic mass is 127. The second-order valence-electron chi connectivity index (χ2n) is 9.82. The van der Waals surface area contributed by atoms with Crippen LogP contribution in [0.3, 0.4) is 0 Å². The lowest BCUT2D eigenvalue weighted by Crippen LogP contribution is -2.60. The maximum absolute atomic E-state index is 13.8. The van der Waals surface area contributed by atoms with Crippen molar-refractivity contribution in [1.29, 1.82) is 0 Å². The summed E-state index contributed by atoms with van der Waals surface area (Å²) >= 11 is 3.20. The standard InChI is InChI=1S/C28H37IN4O9S/c1-16-30-12-20(43-16)27(38)32-18(13-39-4)25(36)31-19(14-40-5)26(37)33-23(22(29)17-10-8-7-9-11-17)24(35)28(2,3)42-21(34)15-41-6/h7-12,18-19,22-23H,13-15H2,1-6H3,(H,31,36)(H,32,38)(H,33,37)/t18-,19-,22?,23?/m0/s1. The molecule has 0 aliphatic rings. The van der Waals surface area contributed by atoms with E-state index in [1.165, 1.54) is 41.4 Å². The van der Waals surface area contributed by atoms with E-state index in [-0.39, 0.29) is 19.8 Å². The Hall–Kier alpha value is -2.99. The van der Waals surface area contributed by atoms with Crippen LogP contribution < -0.4 is 16.0 Å². The highest BCUT2D eigenvalue weighted by molar-refractivity contribution is 14.1. The number of methoxy groups -OCH3 is 3. The molecule has 0 radical (unpaired) electrons. The van der Waals surface area contributed by atoms with Crippen LogP contribution >= 0.6 is 33.9 Å². The summed E-state index contributed by atoms with van der Waals surface area (Å²) in [6.45, 7) is 3.81. The number of nitrogens with one attached hydrogen (secondary N) is 3. The van der Waals surface area contributed by atoms with Gasteiger partial charge in [0.25, 0.3) is 5.91 Å². The summed E-state index contributed by atoms with van der Waals surface area (Å²) in [5.41, 5.74) is -0.900. The molecule has 0 spiro atoms. The van der Waals surface area contributed by atoms with Crippen LogP contribution in [0.25, 0.3) is 0 Å². The van der Waals surface area contributed by atoms with Crippen molar-refractivity contribution >= 4 is 63.4 Å². The number of alkyl halides is 1. The number of thiazole rings is 1. The molecular weight excluding hydrogens is 695 g/mol. The van der Waals surface area contributed by atoms with Gasteiger partial charge < -0.3 is 34.9 Å². The Balaban J connectivity index is 2.29. The Labute approximate surface area is 267 Å². The molecule has 3 amide bonds. The third kappa shape index (κ3) is 10.9. The van der Waals surface area contributed by atoms with E-state index in [1.807, 2.05) is 28.7 Å². The van der Waals surface area contributed by atoms with Crippen molar-refractivity contribution in [2.75, 3.05) is 41.2 Å². The largest absolute Gasteiger partial charge is 0.450 e. The normalized spacial score (nSPS) is 14.1. The van der Waals surface area contributed by atoms with E-state index in [1.54, 1.807) is 31.2 Å². The third-order valence-corrected chi connectivity index (χ3v) is 8.33. The number of halogens is 1. The van der Waals surface area contributed by atoms with Crippen LogP contribution in [-0.4, -0.2) is 99.3 Å². The first-order valence-corrected chi connectivity index (χ1v) is 15.2. The number of hydrogen-bond donors (Lipinski definition) is 3.